The second kappa shape index (κ2) is 5.30. The van der Waals surface area contributed by atoms with E-state index >= 15 is 0 Å². The summed E-state index contributed by atoms with van der Waals surface area (Å²) in [5.41, 5.74) is 0. The van der Waals surface area contributed by atoms with Crippen molar-refractivity contribution in [3.63, 3.8) is 0 Å². The number of anilines is 1. The van der Waals surface area contributed by atoms with Crippen LogP contribution in [0.2, 0.25) is 0 Å². The molecular formula is C12H15N3O2S. The van der Waals surface area contributed by atoms with Crippen LogP contribution in [0.5, 0.6) is 0 Å². The van der Waals surface area contributed by atoms with E-state index in [1.54, 1.807) is 11.3 Å². The van der Waals surface area contributed by atoms with Crippen LogP contribution in [-0.4, -0.2) is 27.6 Å². The number of rotatable bonds is 5. The van der Waals surface area contributed by atoms with Gasteiger partial charge in [-0.2, -0.15) is 0 Å². The zero-order valence-corrected chi connectivity index (χ0v) is 11.2. The predicted molar refractivity (Wildman–Crippen MR) is 72.3 cm³/mol. The van der Waals surface area contributed by atoms with Gasteiger partial charge in [0.2, 0.25) is 0 Å². The fourth-order valence-electron chi connectivity index (χ4n) is 1.64. The lowest BCUT2D eigenvalue weighted by Crippen LogP contribution is -2.14. The van der Waals surface area contributed by atoms with Crippen molar-refractivity contribution in [1.29, 1.82) is 0 Å². The highest BCUT2D eigenvalue weighted by molar-refractivity contribution is 7.18. The Balaban J connectivity index is 2.46. The van der Waals surface area contributed by atoms with Gasteiger partial charge in [0.15, 0.2) is 0 Å². The average Bonchev–Trinajstić information content (AvgIpc) is 2.78. The number of aryl methyl sites for hydroxylation is 2. The molecule has 2 N–H and O–H groups in total. The smallest absolute Gasteiger partial charge is 0.322 e. The summed E-state index contributed by atoms with van der Waals surface area (Å²) in [5, 5.41) is 12.5. The molecule has 0 aliphatic rings. The van der Waals surface area contributed by atoms with Crippen LogP contribution in [0.1, 0.15) is 24.5 Å². The molecule has 0 unspecified atom stereocenters. The van der Waals surface area contributed by atoms with Crippen molar-refractivity contribution >= 4 is 33.3 Å². The summed E-state index contributed by atoms with van der Waals surface area (Å²) < 4.78 is 0. The molecule has 0 aliphatic heterocycles. The number of hydrogen-bond donors (Lipinski definition) is 2. The maximum absolute atomic E-state index is 10.6. The number of thiophene rings is 1. The first-order chi connectivity index (χ1) is 8.63. The molecule has 2 aromatic rings. The Morgan fingerprint density at radius 2 is 2.17 bits per heavy atom. The van der Waals surface area contributed by atoms with Gasteiger partial charge in [-0.15, -0.1) is 11.3 Å². The lowest BCUT2D eigenvalue weighted by atomic mass is 10.3. The predicted octanol–water partition coefficient (Wildman–Crippen LogP) is 2.31. The minimum Gasteiger partial charge on any atom is -0.480 e. The first-order valence-electron chi connectivity index (χ1n) is 5.89. The monoisotopic (exact) mass is 265 g/mol. The van der Waals surface area contributed by atoms with Gasteiger partial charge in [0.25, 0.3) is 0 Å². The Morgan fingerprint density at radius 1 is 1.39 bits per heavy atom. The van der Waals surface area contributed by atoms with Crippen molar-refractivity contribution in [3.8, 4) is 0 Å². The molecule has 5 nitrogen and oxygen atoms in total. The molecule has 18 heavy (non-hydrogen) atoms. The summed E-state index contributed by atoms with van der Waals surface area (Å²) in [6.07, 6.45) is 1.68. The second-order valence-electron chi connectivity index (χ2n) is 3.87. The number of nitrogens with zero attached hydrogens (tertiary/aromatic N) is 2. The van der Waals surface area contributed by atoms with Gasteiger partial charge in [0.1, 0.15) is 23.0 Å². The molecular weight excluding hydrogens is 250 g/mol. The van der Waals surface area contributed by atoms with E-state index < -0.39 is 5.97 Å². The third kappa shape index (κ3) is 2.59. The first kappa shape index (κ1) is 12.8. The second-order valence-corrected chi connectivity index (χ2v) is 4.99. The van der Waals surface area contributed by atoms with Crippen molar-refractivity contribution in [2.45, 2.75) is 26.7 Å². The van der Waals surface area contributed by atoms with Crippen molar-refractivity contribution in [2.75, 3.05) is 11.9 Å². The third-order valence-corrected chi connectivity index (χ3v) is 3.74. The molecule has 2 rings (SSSR count). The fourth-order valence-corrected chi connectivity index (χ4v) is 2.63. The molecule has 0 radical (unpaired) electrons. The van der Waals surface area contributed by atoms with Gasteiger partial charge < -0.3 is 10.4 Å². The Kier molecular flexibility index (Phi) is 3.76. The summed E-state index contributed by atoms with van der Waals surface area (Å²) >= 11 is 1.64. The molecule has 0 amide bonds. The molecule has 0 fully saturated rings. The fraction of sp³-hybridized carbons (Fsp3) is 0.417. The van der Waals surface area contributed by atoms with E-state index in [1.165, 1.54) is 4.88 Å². The lowest BCUT2D eigenvalue weighted by Gasteiger charge is -2.05. The molecule has 2 aromatic heterocycles. The molecule has 0 aliphatic carbocycles. The zero-order valence-electron chi connectivity index (χ0n) is 10.4. The summed E-state index contributed by atoms with van der Waals surface area (Å²) in [6, 6.07) is 2.03. The van der Waals surface area contributed by atoms with Crippen LogP contribution in [0.3, 0.4) is 0 Å². The van der Waals surface area contributed by atoms with Gasteiger partial charge in [0, 0.05) is 11.3 Å². The summed E-state index contributed by atoms with van der Waals surface area (Å²) in [4.78, 5) is 21.6. The van der Waals surface area contributed by atoms with Gasteiger partial charge in [-0.05, 0) is 12.5 Å². The van der Waals surface area contributed by atoms with Gasteiger partial charge in [-0.25, -0.2) is 9.97 Å². The van der Waals surface area contributed by atoms with Crippen LogP contribution >= 0.6 is 11.3 Å². The Labute approximate surface area is 109 Å². The normalized spacial score (nSPS) is 10.8. The SMILES string of the molecule is CCc1nc(NCC(=O)O)c2cc(CC)sc2n1. The largest absolute Gasteiger partial charge is 0.480 e. The number of aliphatic carboxylic acids is 1. The van der Waals surface area contributed by atoms with Crippen LogP contribution in [0, 0.1) is 0 Å². The molecule has 6 heteroatoms. The highest BCUT2D eigenvalue weighted by Gasteiger charge is 2.11. The van der Waals surface area contributed by atoms with Crippen molar-refractivity contribution in [2.24, 2.45) is 0 Å². The minimum absolute atomic E-state index is 0.132. The van der Waals surface area contributed by atoms with E-state index in [2.05, 4.69) is 22.2 Å². The van der Waals surface area contributed by atoms with Gasteiger partial charge in [-0.3, -0.25) is 4.79 Å². The van der Waals surface area contributed by atoms with Crippen molar-refractivity contribution in [3.05, 3.63) is 16.8 Å². The van der Waals surface area contributed by atoms with Gasteiger partial charge >= 0.3 is 5.97 Å². The van der Waals surface area contributed by atoms with Gasteiger partial charge in [-0.1, -0.05) is 13.8 Å². The van der Waals surface area contributed by atoms with Crippen LogP contribution in [0.4, 0.5) is 5.82 Å². The Bertz CT molecular complexity index is 580. The van der Waals surface area contributed by atoms with Crippen molar-refractivity contribution < 1.29 is 9.90 Å². The van der Waals surface area contributed by atoms with E-state index in [0.717, 1.165) is 28.9 Å². The van der Waals surface area contributed by atoms with Crippen LogP contribution in [0.25, 0.3) is 10.2 Å². The lowest BCUT2D eigenvalue weighted by molar-refractivity contribution is -0.134. The zero-order chi connectivity index (χ0) is 13.1. The van der Waals surface area contributed by atoms with Crippen LogP contribution in [-0.2, 0) is 17.6 Å². The van der Waals surface area contributed by atoms with Crippen molar-refractivity contribution in [1.82, 2.24) is 9.97 Å². The highest BCUT2D eigenvalue weighted by Crippen LogP contribution is 2.29. The van der Waals surface area contributed by atoms with Crippen LogP contribution in [0.15, 0.2) is 6.07 Å². The minimum atomic E-state index is -0.897. The molecule has 0 atom stereocenters. The summed E-state index contributed by atoms with van der Waals surface area (Å²) in [7, 11) is 0. The van der Waals surface area contributed by atoms with Crippen LogP contribution < -0.4 is 5.32 Å². The molecule has 0 saturated heterocycles. The van der Waals surface area contributed by atoms with E-state index in [1.807, 2.05) is 13.0 Å². The number of carbonyl (C=O) groups is 1. The Morgan fingerprint density at radius 3 is 2.78 bits per heavy atom. The molecule has 0 bridgehead atoms. The summed E-state index contributed by atoms with van der Waals surface area (Å²) in [6.45, 7) is 3.94. The number of carboxylic acid groups (broad SMARTS) is 1. The number of nitrogens with one attached hydrogen (secondary N) is 1. The molecule has 0 saturated carbocycles. The number of fused-ring (bicyclic) bond motifs is 1. The number of carboxylic acids is 1. The van der Waals surface area contributed by atoms with E-state index in [-0.39, 0.29) is 6.54 Å². The number of aromatic nitrogens is 2. The standard InChI is InChI=1S/C12H15N3O2S/c1-3-7-5-8-11(13-6-10(16)17)14-9(4-2)15-12(8)18-7/h5H,3-4,6H2,1-2H3,(H,16,17)(H,13,14,15). The average molecular weight is 265 g/mol. The number of hydrogen-bond acceptors (Lipinski definition) is 5. The maximum atomic E-state index is 10.6. The molecule has 2 heterocycles. The Hall–Kier alpha value is -1.69. The molecule has 96 valence electrons. The maximum Gasteiger partial charge on any atom is 0.322 e. The third-order valence-electron chi connectivity index (χ3n) is 2.56. The van der Waals surface area contributed by atoms with E-state index in [9.17, 15) is 4.79 Å². The molecule has 0 aromatic carbocycles. The topological polar surface area (TPSA) is 75.1 Å². The van der Waals surface area contributed by atoms with Gasteiger partial charge in [0.05, 0.1) is 5.39 Å². The first-order valence-corrected chi connectivity index (χ1v) is 6.70. The van der Waals surface area contributed by atoms with E-state index in [0.29, 0.717) is 5.82 Å². The van der Waals surface area contributed by atoms with E-state index in [4.69, 9.17) is 5.11 Å². The quantitative estimate of drug-likeness (QED) is 0.867. The highest BCUT2D eigenvalue weighted by atomic mass is 32.1. The molecule has 0 spiro atoms. The summed E-state index contributed by atoms with van der Waals surface area (Å²) in [5.74, 6) is 0.459.